The van der Waals surface area contributed by atoms with Gasteiger partial charge in [-0.15, -0.1) is 0 Å². The van der Waals surface area contributed by atoms with Crippen LogP contribution < -0.4 is 9.46 Å². The topological polar surface area (TPSA) is 143 Å². The van der Waals surface area contributed by atoms with Gasteiger partial charge in [0.05, 0.1) is 40.2 Å². The van der Waals surface area contributed by atoms with E-state index in [1.807, 2.05) is 13.8 Å². The van der Waals surface area contributed by atoms with Crippen LogP contribution in [0.3, 0.4) is 0 Å². The Morgan fingerprint density at radius 1 is 0.959 bits per heavy atom. The Hall–Kier alpha value is -2.91. The lowest BCUT2D eigenvalue weighted by Gasteiger charge is -2.35. The normalized spacial score (nSPS) is 20.6. The van der Waals surface area contributed by atoms with E-state index in [2.05, 4.69) is 4.72 Å². The van der Waals surface area contributed by atoms with Crippen LogP contribution in [0.2, 0.25) is 10.0 Å². The van der Waals surface area contributed by atoms with E-state index in [1.54, 1.807) is 13.0 Å². The molecule has 4 atom stereocenters. The highest BCUT2D eigenvalue weighted by Crippen LogP contribution is 2.30. The third-order valence-corrected chi connectivity index (χ3v) is 12.1. The average molecular weight is 757 g/mol. The SMILES string of the molecule is C[C@@H]1CCCCO[C@H](CN(C)S(=O)(=O)c2ccc(Cl)cc2)[C@H](C)CN([C@H](C)CO)C(=O)c2cc(NS(=O)(=O)c3ccc(Cl)cc3)ccc2O1. The molecule has 2 N–H and O–H groups in total. The van der Waals surface area contributed by atoms with Crippen molar-refractivity contribution in [3.8, 4) is 5.75 Å². The van der Waals surface area contributed by atoms with E-state index < -0.39 is 44.0 Å². The molecule has 49 heavy (non-hydrogen) atoms. The Morgan fingerprint density at radius 3 is 2.18 bits per heavy atom. The van der Waals surface area contributed by atoms with Gasteiger partial charge in [-0.1, -0.05) is 30.1 Å². The van der Waals surface area contributed by atoms with Crippen molar-refractivity contribution in [2.75, 3.05) is 38.1 Å². The zero-order valence-corrected chi connectivity index (χ0v) is 31.0. The highest BCUT2D eigenvalue weighted by Gasteiger charge is 2.32. The van der Waals surface area contributed by atoms with E-state index in [0.29, 0.717) is 29.5 Å². The summed E-state index contributed by atoms with van der Waals surface area (Å²) in [4.78, 5) is 15.9. The van der Waals surface area contributed by atoms with Gasteiger partial charge in [0.1, 0.15) is 5.75 Å². The molecule has 1 amide bonds. The summed E-state index contributed by atoms with van der Waals surface area (Å²) in [6.07, 6.45) is 1.18. The largest absolute Gasteiger partial charge is 0.490 e. The average Bonchev–Trinajstić information content (AvgIpc) is 3.06. The molecule has 1 heterocycles. The molecule has 0 aromatic heterocycles. The maximum Gasteiger partial charge on any atom is 0.261 e. The predicted molar refractivity (Wildman–Crippen MR) is 190 cm³/mol. The van der Waals surface area contributed by atoms with E-state index in [0.717, 1.165) is 6.42 Å². The highest BCUT2D eigenvalue weighted by molar-refractivity contribution is 7.92. The van der Waals surface area contributed by atoms with Crippen molar-refractivity contribution in [3.05, 3.63) is 82.3 Å². The third-order valence-electron chi connectivity index (χ3n) is 8.39. The number of nitrogens with zero attached hydrogens (tertiary/aromatic N) is 2. The number of hydrogen-bond donors (Lipinski definition) is 2. The second kappa shape index (κ2) is 16.9. The van der Waals surface area contributed by atoms with Gasteiger partial charge < -0.3 is 19.5 Å². The van der Waals surface area contributed by atoms with Crippen molar-refractivity contribution in [2.24, 2.45) is 5.92 Å². The summed E-state index contributed by atoms with van der Waals surface area (Å²) in [6, 6.07) is 15.5. The van der Waals surface area contributed by atoms with Gasteiger partial charge in [-0.3, -0.25) is 9.52 Å². The van der Waals surface area contributed by atoms with E-state index in [4.69, 9.17) is 32.7 Å². The fraction of sp³-hybridized carbons (Fsp3) is 0.441. The first-order chi connectivity index (χ1) is 23.1. The fourth-order valence-corrected chi connectivity index (χ4v) is 7.90. The van der Waals surface area contributed by atoms with E-state index in [1.165, 1.54) is 76.9 Å². The van der Waals surface area contributed by atoms with Crippen molar-refractivity contribution >= 4 is 54.8 Å². The van der Waals surface area contributed by atoms with Gasteiger partial charge in [0, 0.05) is 48.4 Å². The molecule has 0 unspecified atom stereocenters. The van der Waals surface area contributed by atoms with Gasteiger partial charge in [0.15, 0.2) is 0 Å². The van der Waals surface area contributed by atoms with Crippen LogP contribution in [0.5, 0.6) is 5.75 Å². The zero-order valence-electron chi connectivity index (χ0n) is 27.9. The lowest BCUT2D eigenvalue weighted by molar-refractivity contribution is -0.00833. The summed E-state index contributed by atoms with van der Waals surface area (Å²) in [6.45, 7) is 5.55. The molecule has 15 heteroatoms. The van der Waals surface area contributed by atoms with E-state index in [-0.39, 0.29) is 52.6 Å². The first-order valence-electron chi connectivity index (χ1n) is 16.0. The minimum absolute atomic E-state index is 0.00776. The summed E-state index contributed by atoms with van der Waals surface area (Å²) in [5.41, 5.74) is 0.243. The standard InChI is InChI=1S/C34H43Cl2N3O8S2/c1-23-20-39(24(2)22-40)34(41)31-19-28(37-48(42,43)29-13-8-26(35)9-14-29)12-17-32(31)47-25(3)7-5-6-18-46-33(23)21-38(4)49(44,45)30-15-10-27(36)11-16-30/h8-17,19,23-25,33,37,40H,5-7,18,20-22H2,1-4H3/t23-,24-,25-,33-/m1/s1. The predicted octanol–water partition coefficient (Wildman–Crippen LogP) is 5.91. The van der Waals surface area contributed by atoms with Crippen LogP contribution in [0, 0.1) is 5.92 Å². The maximum absolute atomic E-state index is 14.4. The number of anilines is 1. The molecule has 0 radical (unpaired) electrons. The number of fused-ring (bicyclic) bond motifs is 1. The lowest BCUT2D eigenvalue weighted by atomic mass is 10.0. The molecular weight excluding hydrogens is 713 g/mol. The maximum atomic E-state index is 14.4. The molecular formula is C34H43Cl2N3O8S2. The molecule has 4 rings (SSSR count). The Morgan fingerprint density at radius 2 is 1.57 bits per heavy atom. The quantitative estimate of drug-likeness (QED) is 0.275. The number of halogens is 2. The third kappa shape index (κ3) is 10.1. The first-order valence-corrected chi connectivity index (χ1v) is 19.6. The number of benzene rings is 3. The Labute approximate surface area is 299 Å². The minimum atomic E-state index is -4.02. The van der Waals surface area contributed by atoms with Crippen LogP contribution in [-0.2, 0) is 24.8 Å². The second-order valence-corrected chi connectivity index (χ2v) is 16.9. The monoisotopic (exact) mass is 755 g/mol. The van der Waals surface area contributed by atoms with Gasteiger partial charge in [-0.2, -0.15) is 4.31 Å². The second-order valence-electron chi connectivity index (χ2n) is 12.3. The molecule has 0 fully saturated rings. The molecule has 0 saturated heterocycles. The number of ether oxygens (including phenoxy) is 2. The van der Waals surface area contributed by atoms with Crippen molar-refractivity contribution in [2.45, 2.75) is 68.1 Å². The summed E-state index contributed by atoms with van der Waals surface area (Å²) in [5, 5.41) is 11.0. The van der Waals surface area contributed by atoms with Crippen LogP contribution in [0.25, 0.3) is 0 Å². The van der Waals surface area contributed by atoms with Crippen LogP contribution in [-0.4, -0.2) is 88.7 Å². The molecule has 268 valence electrons. The molecule has 0 spiro atoms. The first kappa shape index (κ1) is 38.9. The molecule has 0 bridgehead atoms. The molecule has 0 saturated carbocycles. The van der Waals surface area contributed by atoms with Gasteiger partial charge in [0.25, 0.3) is 15.9 Å². The molecule has 3 aromatic carbocycles. The summed E-state index contributed by atoms with van der Waals surface area (Å²) >= 11 is 11.9. The number of nitrogens with one attached hydrogen (secondary N) is 1. The molecule has 1 aliphatic heterocycles. The molecule has 0 aliphatic carbocycles. The van der Waals surface area contributed by atoms with Gasteiger partial charge in [0.2, 0.25) is 10.0 Å². The van der Waals surface area contributed by atoms with Gasteiger partial charge in [-0.05, 0) is 99.8 Å². The van der Waals surface area contributed by atoms with E-state index in [9.17, 15) is 26.7 Å². The summed E-state index contributed by atoms with van der Waals surface area (Å²) in [5.74, 6) is -0.617. The number of carbonyl (C=O) groups is 1. The number of hydrogen-bond acceptors (Lipinski definition) is 8. The Bertz CT molecular complexity index is 1790. The van der Waals surface area contributed by atoms with Crippen molar-refractivity contribution in [3.63, 3.8) is 0 Å². The smallest absolute Gasteiger partial charge is 0.261 e. The zero-order chi connectivity index (χ0) is 35.9. The van der Waals surface area contributed by atoms with Gasteiger partial charge >= 0.3 is 0 Å². The number of sulfonamides is 2. The lowest BCUT2D eigenvalue weighted by Crippen LogP contribution is -2.48. The number of likely N-dealkylation sites (N-methyl/N-ethyl adjacent to an activating group) is 1. The van der Waals surface area contributed by atoms with Crippen LogP contribution in [0.15, 0.2) is 76.5 Å². The van der Waals surface area contributed by atoms with Crippen LogP contribution in [0.1, 0.15) is 50.4 Å². The van der Waals surface area contributed by atoms with Crippen LogP contribution >= 0.6 is 23.2 Å². The highest BCUT2D eigenvalue weighted by atomic mass is 35.5. The molecule has 1 aliphatic rings. The Kier molecular flexibility index (Phi) is 13.4. The number of aliphatic hydroxyl groups excluding tert-OH is 1. The molecule has 3 aromatic rings. The Balaban J connectivity index is 1.67. The summed E-state index contributed by atoms with van der Waals surface area (Å²) < 4.78 is 69.5. The number of amides is 1. The van der Waals surface area contributed by atoms with Crippen molar-refractivity contribution in [1.82, 2.24) is 9.21 Å². The van der Waals surface area contributed by atoms with Gasteiger partial charge in [-0.25, -0.2) is 16.8 Å². The van der Waals surface area contributed by atoms with E-state index >= 15 is 0 Å². The number of rotatable bonds is 9. The summed E-state index contributed by atoms with van der Waals surface area (Å²) in [7, 11) is -6.42. The van der Waals surface area contributed by atoms with Crippen molar-refractivity contribution < 1.29 is 36.2 Å². The van der Waals surface area contributed by atoms with Crippen molar-refractivity contribution in [1.29, 1.82) is 0 Å². The minimum Gasteiger partial charge on any atom is -0.490 e. The number of aliphatic hydroxyl groups is 1. The molecule has 11 nitrogen and oxygen atoms in total. The fourth-order valence-electron chi connectivity index (χ4n) is 5.41. The number of carbonyl (C=O) groups excluding carboxylic acids is 1. The van der Waals surface area contributed by atoms with Crippen LogP contribution in [0.4, 0.5) is 5.69 Å².